The number of para-hydroxylation sites is 1. The van der Waals surface area contributed by atoms with Crippen LogP contribution in [-0.2, 0) is 9.59 Å². The number of halogens is 1. The first-order valence-electron chi connectivity index (χ1n) is 10.3. The molecule has 2 amide bonds. The van der Waals surface area contributed by atoms with Crippen LogP contribution in [0.25, 0.3) is 0 Å². The van der Waals surface area contributed by atoms with E-state index in [0.29, 0.717) is 16.3 Å². The number of carboxylic acid groups (broad SMARTS) is 1. The van der Waals surface area contributed by atoms with Gasteiger partial charge in [-0.2, -0.15) is 5.10 Å². The molecule has 8 nitrogen and oxygen atoms in total. The minimum atomic E-state index is -1.12. The number of hydrazone groups is 1. The first-order valence-corrected chi connectivity index (χ1v) is 10.7. The van der Waals surface area contributed by atoms with Gasteiger partial charge in [-0.1, -0.05) is 29.8 Å². The zero-order valence-electron chi connectivity index (χ0n) is 17.5. The van der Waals surface area contributed by atoms with Crippen molar-refractivity contribution < 1.29 is 24.3 Å². The van der Waals surface area contributed by atoms with Gasteiger partial charge in [0.2, 0.25) is 11.7 Å². The Morgan fingerprint density at radius 1 is 0.794 bits per heavy atom. The van der Waals surface area contributed by atoms with Gasteiger partial charge in [0.1, 0.15) is 17.7 Å². The Morgan fingerprint density at radius 3 is 2.03 bits per heavy atom. The zero-order valence-corrected chi connectivity index (χ0v) is 18.2. The third-order valence-electron chi connectivity index (χ3n) is 5.78. The molecule has 0 aliphatic carbocycles. The predicted octanol–water partition coefficient (Wildman–Crippen LogP) is 3.66. The molecule has 0 aromatic heterocycles. The number of anilines is 2. The Hall–Kier alpha value is -4.30. The van der Waals surface area contributed by atoms with E-state index in [2.05, 4.69) is 5.10 Å². The number of hydrogen-bond acceptors (Lipinski definition) is 6. The lowest BCUT2D eigenvalue weighted by Crippen LogP contribution is -2.39. The normalized spacial score (nSPS) is 19.3. The summed E-state index contributed by atoms with van der Waals surface area (Å²) in [5.41, 5.74) is 1.05. The maximum absolute atomic E-state index is 13.5. The number of Topliss-reactive ketones (excluding diaryl/α,β-unsaturated/α-hetero) is 1. The second-order valence-corrected chi connectivity index (χ2v) is 8.22. The Kier molecular flexibility index (Phi) is 5.22. The molecular weight excluding hydrogens is 458 g/mol. The second-order valence-electron chi connectivity index (χ2n) is 7.79. The Morgan fingerprint density at radius 2 is 1.41 bits per heavy atom. The Labute approximate surface area is 198 Å². The molecule has 34 heavy (non-hydrogen) atoms. The predicted molar refractivity (Wildman–Crippen MR) is 125 cm³/mol. The molecule has 0 unspecified atom stereocenters. The van der Waals surface area contributed by atoms with Crippen LogP contribution in [-0.4, -0.2) is 40.4 Å². The standard InChI is InChI=1S/C25H16ClN3O5/c26-16-10-6-14(7-11-16)22(30)20-19-21(29(27-20)18-4-2-1-3-5-18)24(32)28(23(19)31)17-12-8-15(9-13-17)25(33)34/h1-13,19,21H,(H,33,34)/t19-,21+/m0/s1. The van der Waals surface area contributed by atoms with Gasteiger partial charge < -0.3 is 5.11 Å². The number of carbonyl (C=O) groups is 4. The summed E-state index contributed by atoms with van der Waals surface area (Å²) < 4.78 is 0. The van der Waals surface area contributed by atoms with Crippen LogP contribution in [0.2, 0.25) is 5.02 Å². The number of carboxylic acids is 1. The Bertz CT molecular complexity index is 1350. The first kappa shape index (κ1) is 21.5. The van der Waals surface area contributed by atoms with Crippen LogP contribution in [0, 0.1) is 5.92 Å². The van der Waals surface area contributed by atoms with Crippen LogP contribution in [0.15, 0.2) is 84.0 Å². The summed E-state index contributed by atoms with van der Waals surface area (Å²) in [7, 11) is 0. The topological polar surface area (TPSA) is 107 Å². The highest BCUT2D eigenvalue weighted by Gasteiger charge is 2.58. The van der Waals surface area contributed by atoms with Crippen LogP contribution in [0.4, 0.5) is 11.4 Å². The van der Waals surface area contributed by atoms with E-state index in [1.165, 1.54) is 41.4 Å². The van der Waals surface area contributed by atoms with E-state index >= 15 is 0 Å². The largest absolute Gasteiger partial charge is 0.478 e. The molecule has 0 saturated carbocycles. The molecule has 2 aliphatic heterocycles. The first-order chi connectivity index (χ1) is 16.4. The SMILES string of the molecule is O=C(O)c1ccc(N2C(=O)[C@H]3C(C(=O)c4ccc(Cl)cc4)=NN(c4ccccc4)[C@H]3C2=O)cc1. The molecule has 2 aliphatic rings. The van der Waals surface area contributed by atoms with Crippen molar-refractivity contribution in [1.29, 1.82) is 0 Å². The molecule has 1 saturated heterocycles. The molecule has 2 atom stereocenters. The summed E-state index contributed by atoms with van der Waals surface area (Å²) in [5.74, 6) is -3.87. The van der Waals surface area contributed by atoms with Crippen LogP contribution < -0.4 is 9.91 Å². The van der Waals surface area contributed by atoms with Gasteiger partial charge in [0.05, 0.1) is 16.9 Å². The van der Waals surface area contributed by atoms with Gasteiger partial charge in [0, 0.05) is 10.6 Å². The third-order valence-corrected chi connectivity index (χ3v) is 6.03. The van der Waals surface area contributed by atoms with Gasteiger partial charge in [-0.15, -0.1) is 0 Å². The number of carbonyl (C=O) groups excluding carboxylic acids is 3. The molecule has 0 radical (unpaired) electrons. The summed E-state index contributed by atoms with van der Waals surface area (Å²) >= 11 is 5.94. The van der Waals surface area contributed by atoms with E-state index in [4.69, 9.17) is 16.7 Å². The minimum Gasteiger partial charge on any atom is -0.478 e. The highest BCUT2D eigenvalue weighted by Crippen LogP contribution is 2.38. The monoisotopic (exact) mass is 473 g/mol. The number of ketones is 1. The number of nitrogens with zero attached hydrogens (tertiary/aromatic N) is 3. The second kappa shape index (κ2) is 8.24. The fourth-order valence-corrected chi connectivity index (χ4v) is 4.28. The molecular formula is C25H16ClN3O5. The molecule has 0 spiro atoms. The van der Waals surface area contributed by atoms with E-state index in [9.17, 15) is 19.2 Å². The van der Waals surface area contributed by atoms with Crippen LogP contribution in [0.1, 0.15) is 20.7 Å². The number of rotatable bonds is 5. The van der Waals surface area contributed by atoms with Crippen LogP contribution in [0.3, 0.4) is 0 Å². The lowest BCUT2D eigenvalue weighted by atomic mass is 9.92. The molecule has 168 valence electrons. The quantitative estimate of drug-likeness (QED) is 0.447. The highest BCUT2D eigenvalue weighted by atomic mass is 35.5. The van der Waals surface area contributed by atoms with Crippen molar-refractivity contribution in [2.24, 2.45) is 11.0 Å². The number of fused-ring (bicyclic) bond motifs is 1. The Balaban J connectivity index is 1.58. The molecule has 3 aromatic rings. The zero-order chi connectivity index (χ0) is 24.0. The average Bonchev–Trinajstić information content (AvgIpc) is 3.36. The molecule has 3 aromatic carbocycles. The summed E-state index contributed by atoms with van der Waals surface area (Å²) in [4.78, 5) is 52.5. The fourth-order valence-electron chi connectivity index (χ4n) is 4.15. The van der Waals surface area contributed by atoms with E-state index in [1.807, 2.05) is 0 Å². The van der Waals surface area contributed by atoms with Crippen molar-refractivity contribution in [3.8, 4) is 0 Å². The highest BCUT2D eigenvalue weighted by molar-refractivity contribution is 6.53. The van der Waals surface area contributed by atoms with E-state index in [1.54, 1.807) is 42.5 Å². The van der Waals surface area contributed by atoms with Gasteiger partial charge in [-0.05, 0) is 60.7 Å². The maximum atomic E-state index is 13.5. The van der Waals surface area contributed by atoms with Gasteiger partial charge in [0.15, 0.2) is 0 Å². The lowest BCUT2D eigenvalue weighted by Gasteiger charge is -2.22. The molecule has 0 bridgehead atoms. The minimum absolute atomic E-state index is 0.0223. The summed E-state index contributed by atoms with van der Waals surface area (Å²) in [6.45, 7) is 0. The van der Waals surface area contributed by atoms with E-state index < -0.39 is 35.5 Å². The smallest absolute Gasteiger partial charge is 0.335 e. The number of imide groups is 1. The number of amides is 2. The van der Waals surface area contributed by atoms with Crippen molar-refractivity contribution >= 4 is 52.3 Å². The molecule has 2 heterocycles. The molecule has 5 rings (SSSR count). The van der Waals surface area contributed by atoms with Crippen molar-refractivity contribution in [3.63, 3.8) is 0 Å². The number of hydrogen-bond donors (Lipinski definition) is 1. The number of aromatic carboxylic acids is 1. The van der Waals surface area contributed by atoms with Crippen molar-refractivity contribution in [2.75, 3.05) is 9.91 Å². The van der Waals surface area contributed by atoms with E-state index in [0.717, 1.165) is 4.90 Å². The van der Waals surface area contributed by atoms with Crippen LogP contribution >= 0.6 is 11.6 Å². The van der Waals surface area contributed by atoms with Gasteiger partial charge in [-0.25, -0.2) is 9.69 Å². The van der Waals surface area contributed by atoms with Crippen molar-refractivity contribution in [2.45, 2.75) is 6.04 Å². The average molecular weight is 474 g/mol. The molecule has 1 fully saturated rings. The van der Waals surface area contributed by atoms with Gasteiger partial charge >= 0.3 is 5.97 Å². The summed E-state index contributed by atoms with van der Waals surface area (Å²) in [5, 5.41) is 15.4. The summed E-state index contributed by atoms with van der Waals surface area (Å²) in [6, 6.07) is 19.4. The molecule has 1 N–H and O–H groups in total. The van der Waals surface area contributed by atoms with Gasteiger partial charge in [-0.3, -0.25) is 19.4 Å². The third kappa shape index (κ3) is 3.45. The van der Waals surface area contributed by atoms with Gasteiger partial charge in [0.25, 0.3) is 5.91 Å². The summed E-state index contributed by atoms with van der Waals surface area (Å²) in [6.07, 6.45) is 0. The van der Waals surface area contributed by atoms with Crippen molar-refractivity contribution in [1.82, 2.24) is 0 Å². The maximum Gasteiger partial charge on any atom is 0.335 e. The number of benzene rings is 3. The van der Waals surface area contributed by atoms with E-state index in [-0.39, 0.29) is 17.0 Å². The lowest BCUT2D eigenvalue weighted by molar-refractivity contribution is -0.121. The van der Waals surface area contributed by atoms with Crippen LogP contribution in [0.5, 0.6) is 0 Å². The molecule has 9 heteroatoms. The fraction of sp³-hybridized carbons (Fsp3) is 0.0800. The van der Waals surface area contributed by atoms with Crippen molar-refractivity contribution in [3.05, 3.63) is 95.0 Å².